The lowest BCUT2D eigenvalue weighted by Gasteiger charge is -2.20. The van der Waals surface area contributed by atoms with Gasteiger partial charge in [-0.15, -0.1) is 0 Å². The normalized spacial score (nSPS) is 10.8. The Hall–Kier alpha value is -1.29. The number of amides is 1. The van der Waals surface area contributed by atoms with Crippen LogP contribution in [0.2, 0.25) is 0 Å². The van der Waals surface area contributed by atoms with Gasteiger partial charge in [-0.1, -0.05) is 13.8 Å². The molecule has 0 fully saturated rings. The van der Waals surface area contributed by atoms with Crippen molar-refractivity contribution in [2.24, 2.45) is 0 Å². The lowest BCUT2D eigenvalue weighted by Crippen LogP contribution is -2.39. The lowest BCUT2D eigenvalue weighted by atomic mass is 10.3. The van der Waals surface area contributed by atoms with Gasteiger partial charge in [0.1, 0.15) is 5.76 Å². The van der Waals surface area contributed by atoms with Gasteiger partial charge in [-0.05, 0) is 19.1 Å². The molecule has 0 radical (unpaired) electrons. The first kappa shape index (κ1) is 12.8. The van der Waals surface area contributed by atoms with Crippen LogP contribution in [0, 0.1) is 0 Å². The molecule has 4 nitrogen and oxygen atoms in total. The number of hydrogen-bond acceptors (Lipinski definition) is 3. The summed E-state index contributed by atoms with van der Waals surface area (Å²) in [5.41, 5.74) is 0. The van der Waals surface area contributed by atoms with Crippen LogP contribution >= 0.6 is 0 Å². The van der Waals surface area contributed by atoms with E-state index in [-0.39, 0.29) is 5.91 Å². The number of nitrogens with zero attached hydrogens (tertiary/aromatic N) is 1. The van der Waals surface area contributed by atoms with Crippen LogP contribution in [0.4, 0.5) is 0 Å². The van der Waals surface area contributed by atoms with Crippen molar-refractivity contribution in [1.82, 2.24) is 10.2 Å². The van der Waals surface area contributed by atoms with Crippen molar-refractivity contribution in [3.05, 3.63) is 24.2 Å². The van der Waals surface area contributed by atoms with Gasteiger partial charge in [-0.3, -0.25) is 4.79 Å². The highest BCUT2D eigenvalue weighted by molar-refractivity contribution is 5.78. The lowest BCUT2D eigenvalue weighted by molar-refractivity contribution is -0.131. The largest absolute Gasteiger partial charge is 0.467 e. The van der Waals surface area contributed by atoms with Crippen molar-refractivity contribution < 1.29 is 9.21 Å². The van der Waals surface area contributed by atoms with Crippen LogP contribution < -0.4 is 5.32 Å². The predicted molar refractivity (Wildman–Crippen MR) is 62.9 cm³/mol. The van der Waals surface area contributed by atoms with E-state index in [1.807, 2.05) is 32.9 Å². The summed E-state index contributed by atoms with van der Waals surface area (Å²) in [6, 6.07) is 4.04. The molecule has 0 aliphatic rings. The molecule has 0 aliphatic heterocycles. The Labute approximate surface area is 96.6 Å². The van der Waals surface area contributed by atoms with E-state index in [4.69, 9.17) is 4.42 Å². The number of likely N-dealkylation sites (N-methyl/N-ethyl adjacent to an activating group) is 1. The molecule has 0 spiro atoms. The molecule has 0 aromatic carbocycles. The van der Waals surface area contributed by atoms with E-state index in [1.54, 1.807) is 11.2 Å². The number of carbonyl (C=O) groups excluding carboxylic acids is 1. The topological polar surface area (TPSA) is 45.5 Å². The highest BCUT2D eigenvalue weighted by Crippen LogP contribution is 2.05. The second-order valence-corrected chi connectivity index (χ2v) is 4.02. The molecule has 1 aromatic rings. The van der Waals surface area contributed by atoms with E-state index in [9.17, 15) is 4.79 Å². The molecule has 4 heteroatoms. The van der Waals surface area contributed by atoms with Crippen LogP contribution in [-0.4, -0.2) is 29.9 Å². The standard InChI is InChI=1S/C12H20N2O2/c1-4-14(9-11-6-5-7-16-11)12(15)8-13-10(2)3/h5-7,10,13H,4,8-9H2,1-3H3. The maximum Gasteiger partial charge on any atom is 0.236 e. The Morgan fingerprint density at radius 1 is 1.56 bits per heavy atom. The van der Waals surface area contributed by atoms with Crippen molar-refractivity contribution in [2.75, 3.05) is 13.1 Å². The number of hydrogen-bond donors (Lipinski definition) is 1. The van der Waals surface area contributed by atoms with Gasteiger partial charge >= 0.3 is 0 Å². The van der Waals surface area contributed by atoms with E-state index in [0.29, 0.717) is 25.7 Å². The monoisotopic (exact) mass is 224 g/mol. The van der Waals surface area contributed by atoms with E-state index < -0.39 is 0 Å². The van der Waals surface area contributed by atoms with Crippen molar-refractivity contribution in [1.29, 1.82) is 0 Å². The summed E-state index contributed by atoms with van der Waals surface area (Å²) in [6.07, 6.45) is 1.63. The minimum atomic E-state index is 0.104. The minimum absolute atomic E-state index is 0.104. The third-order valence-electron chi connectivity index (χ3n) is 2.32. The predicted octanol–water partition coefficient (Wildman–Crippen LogP) is 1.63. The van der Waals surface area contributed by atoms with Gasteiger partial charge in [0.25, 0.3) is 0 Å². The Morgan fingerprint density at radius 2 is 2.31 bits per heavy atom. The van der Waals surface area contributed by atoms with Crippen LogP contribution in [0.3, 0.4) is 0 Å². The molecule has 90 valence electrons. The van der Waals surface area contributed by atoms with Crippen LogP contribution in [0.1, 0.15) is 26.5 Å². The summed E-state index contributed by atoms with van der Waals surface area (Å²) in [5.74, 6) is 0.923. The molecular formula is C12H20N2O2. The Bertz CT molecular complexity index is 307. The Kier molecular flexibility index (Phi) is 5.05. The van der Waals surface area contributed by atoms with Gasteiger partial charge < -0.3 is 14.6 Å². The van der Waals surface area contributed by atoms with Crippen LogP contribution in [0.5, 0.6) is 0 Å². The van der Waals surface area contributed by atoms with Crippen molar-refractivity contribution in [2.45, 2.75) is 33.4 Å². The van der Waals surface area contributed by atoms with Crippen molar-refractivity contribution >= 4 is 5.91 Å². The first-order valence-electron chi connectivity index (χ1n) is 5.67. The van der Waals surface area contributed by atoms with Gasteiger partial charge in [0.05, 0.1) is 19.4 Å². The van der Waals surface area contributed by atoms with Crippen molar-refractivity contribution in [3.8, 4) is 0 Å². The first-order chi connectivity index (χ1) is 7.63. The number of rotatable bonds is 6. The molecule has 1 heterocycles. The quantitative estimate of drug-likeness (QED) is 0.798. The SMILES string of the molecule is CCN(Cc1ccco1)C(=O)CNC(C)C. The molecule has 0 unspecified atom stereocenters. The zero-order valence-electron chi connectivity index (χ0n) is 10.2. The number of nitrogens with one attached hydrogen (secondary N) is 1. The second kappa shape index (κ2) is 6.33. The third kappa shape index (κ3) is 4.06. The molecule has 1 aromatic heterocycles. The van der Waals surface area contributed by atoms with Gasteiger partial charge in [0.2, 0.25) is 5.91 Å². The molecule has 0 saturated heterocycles. The molecule has 16 heavy (non-hydrogen) atoms. The van der Waals surface area contributed by atoms with E-state index >= 15 is 0 Å². The summed E-state index contributed by atoms with van der Waals surface area (Å²) in [7, 11) is 0. The van der Waals surface area contributed by atoms with Crippen LogP contribution in [0.25, 0.3) is 0 Å². The highest BCUT2D eigenvalue weighted by Gasteiger charge is 2.13. The smallest absolute Gasteiger partial charge is 0.236 e. The Morgan fingerprint density at radius 3 is 2.81 bits per heavy atom. The zero-order chi connectivity index (χ0) is 12.0. The molecule has 0 bridgehead atoms. The van der Waals surface area contributed by atoms with Gasteiger partial charge in [-0.25, -0.2) is 0 Å². The average molecular weight is 224 g/mol. The highest BCUT2D eigenvalue weighted by atomic mass is 16.3. The second-order valence-electron chi connectivity index (χ2n) is 4.02. The Balaban J connectivity index is 2.44. The van der Waals surface area contributed by atoms with Gasteiger partial charge in [-0.2, -0.15) is 0 Å². The molecular weight excluding hydrogens is 204 g/mol. The fourth-order valence-electron chi connectivity index (χ4n) is 1.37. The molecule has 0 saturated carbocycles. The van der Waals surface area contributed by atoms with Gasteiger partial charge in [0.15, 0.2) is 0 Å². The third-order valence-corrected chi connectivity index (χ3v) is 2.32. The fraction of sp³-hybridized carbons (Fsp3) is 0.583. The molecule has 1 amide bonds. The number of furan rings is 1. The summed E-state index contributed by atoms with van der Waals surface area (Å²) >= 11 is 0. The van der Waals surface area contributed by atoms with Gasteiger partial charge in [0, 0.05) is 12.6 Å². The fourth-order valence-corrected chi connectivity index (χ4v) is 1.37. The van der Waals surface area contributed by atoms with Crippen LogP contribution in [-0.2, 0) is 11.3 Å². The minimum Gasteiger partial charge on any atom is -0.467 e. The van der Waals surface area contributed by atoms with E-state index in [1.165, 1.54) is 0 Å². The summed E-state index contributed by atoms with van der Waals surface area (Å²) in [4.78, 5) is 13.6. The van der Waals surface area contributed by atoms with Crippen molar-refractivity contribution in [3.63, 3.8) is 0 Å². The summed E-state index contributed by atoms with van der Waals surface area (Å²) in [6.45, 7) is 7.63. The average Bonchev–Trinajstić information content (AvgIpc) is 2.75. The van der Waals surface area contributed by atoms with Crippen LogP contribution in [0.15, 0.2) is 22.8 Å². The molecule has 0 aliphatic carbocycles. The molecule has 1 rings (SSSR count). The van der Waals surface area contributed by atoms with E-state index in [0.717, 1.165) is 5.76 Å². The van der Waals surface area contributed by atoms with E-state index in [2.05, 4.69) is 5.32 Å². The maximum atomic E-state index is 11.8. The molecule has 1 N–H and O–H groups in total. The maximum absolute atomic E-state index is 11.8. The molecule has 0 atom stereocenters. The summed E-state index contributed by atoms with van der Waals surface area (Å²) < 4.78 is 5.23. The zero-order valence-corrected chi connectivity index (χ0v) is 10.2. The first-order valence-corrected chi connectivity index (χ1v) is 5.67. The summed E-state index contributed by atoms with van der Waals surface area (Å²) in [5, 5.41) is 3.12. The number of carbonyl (C=O) groups is 1.